The van der Waals surface area contributed by atoms with Gasteiger partial charge in [0.05, 0.1) is 17.7 Å². The number of amides is 2. The molecule has 0 fully saturated rings. The Morgan fingerprint density at radius 3 is 1.97 bits per heavy atom. The van der Waals surface area contributed by atoms with Crippen molar-refractivity contribution in [1.29, 1.82) is 0 Å². The van der Waals surface area contributed by atoms with Crippen LogP contribution >= 0.6 is 0 Å². The molecule has 0 aliphatic heterocycles. The van der Waals surface area contributed by atoms with Crippen molar-refractivity contribution in [3.05, 3.63) is 59.2 Å². The first kappa shape index (κ1) is 22.4. The topological polar surface area (TPSA) is 50.4 Å². The quantitative estimate of drug-likeness (QED) is 0.608. The molecule has 0 bridgehead atoms. The predicted octanol–water partition coefficient (Wildman–Crippen LogP) is 5.49. The maximum atomic E-state index is 12.8. The summed E-state index contributed by atoms with van der Waals surface area (Å²) < 4.78 is 82.3. The summed E-state index contributed by atoms with van der Waals surface area (Å²) in [6.07, 6.45) is -9.56. The van der Waals surface area contributed by atoms with Gasteiger partial charge in [-0.2, -0.15) is 26.3 Å². The van der Waals surface area contributed by atoms with Gasteiger partial charge in [-0.3, -0.25) is 0 Å². The van der Waals surface area contributed by atoms with Crippen LogP contribution in [0.5, 0.6) is 5.75 Å². The van der Waals surface area contributed by atoms with E-state index in [-0.39, 0.29) is 12.6 Å². The van der Waals surface area contributed by atoms with E-state index in [1.807, 2.05) is 12.2 Å². The molecule has 0 spiro atoms. The Kier molecular flexibility index (Phi) is 6.99. The zero-order chi connectivity index (χ0) is 21.7. The third-order valence-corrected chi connectivity index (χ3v) is 3.78. The van der Waals surface area contributed by atoms with Gasteiger partial charge >= 0.3 is 18.4 Å². The van der Waals surface area contributed by atoms with E-state index in [0.29, 0.717) is 30.9 Å². The van der Waals surface area contributed by atoms with Crippen molar-refractivity contribution in [3.63, 3.8) is 0 Å². The summed E-state index contributed by atoms with van der Waals surface area (Å²) in [5.74, 6) is 0.687. The molecule has 2 aromatic rings. The van der Waals surface area contributed by atoms with Gasteiger partial charge in [-0.25, -0.2) is 4.79 Å². The van der Waals surface area contributed by atoms with Gasteiger partial charge in [-0.1, -0.05) is 12.1 Å². The van der Waals surface area contributed by atoms with Gasteiger partial charge in [0.1, 0.15) is 5.75 Å². The standard InChI is InChI=1S/C19H18F6N2O2/c1-2-29-16-5-3-12(4-6-16)7-8-26-17(28)27-15-10-13(18(20,21)22)9-14(11-15)19(23,24)25/h3-6,9-11H,2,7-8H2,1H3,(H2,26,27,28). The lowest BCUT2D eigenvalue weighted by atomic mass is 10.1. The molecule has 0 saturated carbocycles. The highest BCUT2D eigenvalue weighted by Gasteiger charge is 2.37. The Labute approximate surface area is 162 Å². The summed E-state index contributed by atoms with van der Waals surface area (Å²) in [4.78, 5) is 11.9. The van der Waals surface area contributed by atoms with Crippen LogP contribution in [0.1, 0.15) is 23.6 Å². The summed E-state index contributed by atoms with van der Waals surface area (Å²) >= 11 is 0. The van der Waals surface area contributed by atoms with E-state index in [0.717, 1.165) is 5.56 Å². The van der Waals surface area contributed by atoms with Gasteiger partial charge in [-0.15, -0.1) is 0 Å². The van der Waals surface area contributed by atoms with E-state index in [2.05, 4.69) is 5.32 Å². The summed E-state index contributed by atoms with van der Waals surface area (Å²) in [6.45, 7) is 2.50. The maximum Gasteiger partial charge on any atom is 0.416 e. The maximum absolute atomic E-state index is 12.8. The first-order valence-corrected chi connectivity index (χ1v) is 8.55. The Hall–Kier alpha value is -2.91. The van der Waals surface area contributed by atoms with Gasteiger partial charge in [0.2, 0.25) is 0 Å². The average molecular weight is 420 g/mol. The Morgan fingerprint density at radius 2 is 1.48 bits per heavy atom. The second kappa shape index (κ2) is 9.06. The van der Waals surface area contributed by atoms with Crippen LogP contribution in [0.25, 0.3) is 0 Å². The molecule has 0 radical (unpaired) electrons. The van der Waals surface area contributed by atoms with Crippen LogP contribution in [0, 0.1) is 0 Å². The van der Waals surface area contributed by atoms with Crippen molar-refractivity contribution in [3.8, 4) is 5.75 Å². The van der Waals surface area contributed by atoms with Gasteiger partial charge in [0.15, 0.2) is 0 Å². The zero-order valence-electron chi connectivity index (χ0n) is 15.2. The predicted molar refractivity (Wildman–Crippen MR) is 94.8 cm³/mol. The number of alkyl halides is 6. The van der Waals surface area contributed by atoms with Gasteiger partial charge in [-0.05, 0) is 49.2 Å². The lowest BCUT2D eigenvalue weighted by Gasteiger charge is -2.15. The number of nitrogens with one attached hydrogen (secondary N) is 2. The molecule has 0 aromatic heterocycles. The summed E-state index contributed by atoms with van der Waals surface area (Å²) in [5.41, 5.74) is -2.74. The molecule has 0 atom stereocenters. The molecular formula is C19H18F6N2O2. The number of urea groups is 1. The van der Waals surface area contributed by atoms with Crippen molar-refractivity contribution >= 4 is 11.7 Å². The van der Waals surface area contributed by atoms with Gasteiger partial charge in [0, 0.05) is 12.2 Å². The van der Waals surface area contributed by atoms with Crippen LogP contribution in [0.15, 0.2) is 42.5 Å². The molecule has 0 saturated heterocycles. The highest BCUT2D eigenvalue weighted by atomic mass is 19.4. The molecule has 0 aliphatic rings. The minimum absolute atomic E-state index is 0.00496. The Balaban J connectivity index is 1.99. The van der Waals surface area contributed by atoms with Crippen molar-refractivity contribution < 1.29 is 35.9 Å². The number of ether oxygens (including phenoxy) is 1. The third-order valence-electron chi connectivity index (χ3n) is 3.78. The van der Waals surface area contributed by atoms with E-state index in [9.17, 15) is 31.1 Å². The van der Waals surface area contributed by atoms with E-state index < -0.39 is 35.2 Å². The monoisotopic (exact) mass is 420 g/mol. The smallest absolute Gasteiger partial charge is 0.416 e. The number of carbonyl (C=O) groups is 1. The molecule has 2 aromatic carbocycles. The second-order valence-electron chi connectivity index (χ2n) is 6.00. The first-order valence-electron chi connectivity index (χ1n) is 8.55. The highest BCUT2D eigenvalue weighted by molar-refractivity contribution is 5.89. The third kappa shape index (κ3) is 6.88. The fourth-order valence-corrected chi connectivity index (χ4v) is 2.44. The zero-order valence-corrected chi connectivity index (χ0v) is 15.2. The summed E-state index contributed by atoms with van der Waals surface area (Å²) in [7, 11) is 0. The van der Waals surface area contributed by atoms with Crippen LogP contribution in [-0.2, 0) is 18.8 Å². The molecule has 0 unspecified atom stereocenters. The lowest BCUT2D eigenvalue weighted by Crippen LogP contribution is -2.30. The number of halogens is 6. The average Bonchev–Trinajstić information content (AvgIpc) is 2.61. The summed E-state index contributed by atoms with van der Waals surface area (Å²) in [6, 6.07) is 7.04. The first-order chi connectivity index (χ1) is 13.5. The molecule has 10 heteroatoms. The largest absolute Gasteiger partial charge is 0.494 e. The molecule has 0 heterocycles. The SMILES string of the molecule is CCOc1ccc(CCNC(=O)Nc2cc(C(F)(F)F)cc(C(F)(F)F)c2)cc1. The van der Waals surface area contributed by atoms with E-state index in [1.165, 1.54) is 0 Å². The number of anilines is 1. The van der Waals surface area contributed by atoms with Gasteiger partial charge < -0.3 is 15.4 Å². The number of rotatable bonds is 6. The van der Waals surface area contributed by atoms with Crippen LogP contribution in [0.3, 0.4) is 0 Å². The Bertz CT molecular complexity index is 800. The fourth-order valence-electron chi connectivity index (χ4n) is 2.44. The molecule has 0 aliphatic carbocycles. The molecule has 158 valence electrons. The van der Waals surface area contributed by atoms with Crippen LogP contribution in [0.2, 0.25) is 0 Å². The second-order valence-corrected chi connectivity index (χ2v) is 6.00. The molecule has 2 rings (SSSR count). The number of hydrogen-bond acceptors (Lipinski definition) is 2. The van der Waals surface area contributed by atoms with E-state index in [1.54, 1.807) is 24.3 Å². The fraction of sp³-hybridized carbons (Fsp3) is 0.316. The van der Waals surface area contributed by atoms with Crippen LogP contribution < -0.4 is 15.4 Å². The van der Waals surface area contributed by atoms with Crippen molar-refractivity contribution in [2.45, 2.75) is 25.7 Å². The van der Waals surface area contributed by atoms with Crippen molar-refractivity contribution in [2.24, 2.45) is 0 Å². The number of carbonyl (C=O) groups excluding carboxylic acids is 1. The molecular weight excluding hydrogens is 402 g/mol. The minimum Gasteiger partial charge on any atom is -0.494 e. The van der Waals surface area contributed by atoms with Gasteiger partial charge in [0.25, 0.3) is 0 Å². The van der Waals surface area contributed by atoms with Crippen LogP contribution in [-0.4, -0.2) is 19.2 Å². The minimum atomic E-state index is -4.98. The molecule has 2 N–H and O–H groups in total. The van der Waals surface area contributed by atoms with Crippen molar-refractivity contribution in [1.82, 2.24) is 5.32 Å². The van der Waals surface area contributed by atoms with Crippen LogP contribution in [0.4, 0.5) is 36.8 Å². The lowest BCUT2D eigenvalue weighted by molar-refractivity contribution is -0.143. The van der Waals surface area contributed by atoms with E-state index >= 15 is 0 Å². The Morgan fingerprint density at radius 1 is 0.931 bits per heavy atom. The van der Waals surface area contributed by atoms with Crippen molar-refractivity contribution in [2.75, 3.05) is 18.5 Å². The highest BCUT2D eigenvalue weighted by Crippen LogP contribution is 2.37. The number of benzene rings is 2. The number of hydrogen-bond donors (Lipinski definition) is 2. The molecule has 4 nitrogen and oxygen atoms in total. The van der Waals surface area contributed by atoms with E-state index in [4.69, 9.17) is 4.74 Å². The normalized spacial score (nSPS) is 11.8. The summed E-state index contributed by atoms with van der Waals surface area (Å²) in [5, 5.41) is 4.40. The molecule has 2 amide bonds. The molecule has 29 heavy (non-hydrogen) atoms.